The molecule has 0 bridgehead atoms. The van der Waals surface area contributed by atoms with Gasteiger partial charge in [-0.05, 0) is 30.5 Å². The summed E-state index contributed by atoms with van der Waals surface area (Å²) in [4.78, 5) is 0. The highest BCUT2D eigenvalue weighted by Crippen LogP contribution is 2.18. The van der Waals surface area contributed by atoms with Crippen molar-refractivity contribution >= 4 is 0 Å². The Hall–Kier alpha value is -0.930. The van der Waals surface area contributed by atoms with Crippen molar-refractivity contribution in [3.63, 3.8) is 0 Å². The second-order valence-corrected chi connectivity index (χ2v) is 4.47. The summed E-state index contributed by atoms with van der Waals surface area (Å²) in [5.74, 6) is -0.207. The van der Waals surface area contributed by atoms with Gasteiger partial charge in [0.2, 0.25) is 0 Å². The Morgan fingerprint density at radius 3 is 2.56 bits per heavy atom. The van der Waals surface area contributed by atoms with Crippen LogP contribution in [0.3, 0.4) is 0 Å². The molecule has 0 heterocycles. The van der Waals surface area contributed by atoms with E-state index in [1.807, 2.05) is 0 Å². The lowest BCUT2D eigenvalue weighted by molar-refractivity contribution is 0.0902. The van der Waals surface area contributed by atoms with Gasteiger partial charge in [-0.1, -0.05) is 25.0 Å². The molecular formula is C13H18FNO. The standard InChI is InChI=1S/C13H18FNO/c14-11-7-5-10(6-8-11)9-15-12-3-1-2-4-13(12)16/h5-8,12-13,15-16H,1-4,9H2/t12-,13-/m0/s1. The van der Waals surface area contributed by atoms with Crippen LogP contribution in [0, 0.1) is 5.82 Å². The van der Waals surface area contributed by atoms with Gasteiger partial charge in [0.1, 0.15) is 5.82 Å². The summed E-state index contributed by atoms with van der Waals surface area (Å²) in [6.07, 6.45) is 3.99. The molecule has 1 fully saturated rings. The highest BCUT2D eigenvalue weighted by Gasteiger charge is 2.21. The van der Waals surface area contributed by atoms with Gasteiger partial charge in [-0.2, -0.15) is 0 Å². The molecule has 0 unspecified atom stereocenters. The van der Waals surface area contributed by atoms with Crippen LogP contribution in [0.15, 0.2) is 24.3 Å². The van der Waals surface area contributed by atoms with Gasteiger partial charge >= 0.3 is 0 Å². The average molecular weight is 223 g/mol. The number of nitrogens with one attached hydrogen (secondary N) is 1. The summed E-state index contributed by atoms with van der Waals surface area (Å²) in [5, 5.41) is 13.1. The molecule has 1 aliphatic rings. The molecule has 1 aromatic rings. The Bertz CT molecular complexity index is 325. The lowest BCUT2D eigenvalue weighted by Crippen LogP contribution is -2.41. The fourth-order valence-electron chi connectivity index (χ4n) is 2.20. The van der Waals surface area contributed by atoms with Crippen molar-refractivity contribution in [1.82, 2.24) is 5.32 Å². The third kappa shape index (κ3) is 3.03. The molecule has 1 saturated carbocycles. The van der Waals surface area contributed by atoms with E-state index in [1.54, 1.807) is 12.1 Å². The molecule has 0 saturated heterocycles. The van der Waals surface area contributed by atoms with Gasteiger partial charge in [-0.15, -0.1) is 0 Å². The van der Waals surface area contributed by atoms with Crippen LogP contribution in [0.1, 0.15) is 31.2 Å². The van der Waals surface area contributed by atoms with Crippen molar-refractivity contribution in [2.45, 2.75) is 44.4 Å². The maximum absolute atomic E-state index is 12.7. The molecule has 2 N–H and O–H groups in total. The highest BCUT2D eigenvalue weighted by molar-refractivity contribution is 5.15. The molecule has 0 amide bonds. The van der Waals surface area contributed by atoms with Crippen molar-refractivity contribution in [2.75, 3.05) is 0 Å². The van der Waals surface area contributed by atoms with Crippen LogP contribution in [-0.4, -0.2) is 17.3 Å². The van der Waals surface area contributed by atoms with E-state index < -0.39 is 0 Å². The summed E-state index contributed by atoms with van der Waals surface area (Å²) in [5.41, 5.74) is 1.05. The van der Waals surface area contributed by atoms with Crippen LogP contribution >= 0.6 is 0 Å². The average Bonchev–Trinajstić information content (AvgIpc) is 2.30. The second kappa shape index (κ2) is 5.41. The summed E-state index contributed by atoms with van der Waals surface area (Å²) in [6.45, 7) is 0.696. The van der Waals surface area contributed by atoms with Crippen molar-refractivity contribution < 1.29 is 9.50 Å². The van der Waals surface area contributed by atoms with Gasteiger partial charge in [0.15, 0.2) is 0 Å². The van der Waals surface area contributed by atoms with Crippen molar-refractivity contribution in [3.05, 3.63) is 35.6 Å². The zero-order valence-electron chi connectivity index (χ0n) is 9.32. The smallest absolute Gasteiger partial charge is 0.123 e. The molecule has 0 aliphatic heterocycles. The Morgan fingerprint density at radius 1 is 1.19 bits per heavy atom. The third-order valence-corrected chi connectivity index (χ3v) is 3.21. The first-order valence-electron chi connectivity index (χ1n) is 5.91. The van der Waals surface area contributed by atoms with E-state index in [2.05, 4.69) is 5.32 Å². The largest absolute Gasteiger partial charge is 0.392 e. The summed E-state index contributed by atoms with van der Waals surface area (Å²) < 4.78 is 12.7. The molecule has 16 heavy (non-hydrogen) atoms. The van der Waals surface area contributed by atoms with E-state index in [1.165, 1.54) is 18.6 Å². The first-order chi connectivity index (χ1) is 7.75. The predicted molar refractivity (Wildman–Crippen MR) is 61.5 cm³/mol. The number of hydrogen-bond acceptors (Lipinski definition) is 2. The normalized spacial score (nSPS) is 25.6. The third-order valence-electron chi connectivity index (χ3n) is 3.21. The maximum Gasteiger partial charge on any atom is 0.123 e. The quantitative estimate of drug-likeness (QED) is 0.823. The van der Waals surface area contributed by atoms with Crippen LogP contribution in [0.25, 0.3) is 0 Å². The summed E-state index contributed by atoms with van der Waals surface area (Å²) in [6, 6.07) is 6.68. The van der Waals surface area contributed by atoms with Crippen LogP contribution < -0.4 is 5.32 Å². The molecule has 1 aromatic carbocycles. The van der Waals surface area contributed by atoms with Crippen LogP contribution in [0.5, 0.6) is 0 Å². The fourth-order valence-corrected chi connectivity index (χ4v) is 2.20. The second-order valence-electron chi connectivity index (χ2n) is 4.47. The Kier molecular flexibility index (Phi) is 3.91. The molecule has 88 valence electrons. The van der Waals surface area contributed by atoms with E-state index in [4.69, 9.17) is 0 Å². The molecule has 2 nitrogen and oxygen atoms in total. The van der Waals surface area contributed by atoms with Gasteiger partial charge in [0.25, 0.3) is 0 Å². The van der Waals surface area contributed by atoms with E-state index in [9.17, 15) is 9.50 Å². The fraction of sp³-hybridized carbons (Fsp3) is 0.538. The minimum atomic E-state index is -0.228. The van der Waals surface area contributed by atoms with E-state index in [0.717, 1.165) is 24.8 Å². The first-order valence-corrected chi connectivity index (χ1v) is 5.91. The van der Waals surface area contributed by atoms with Gasteiger partial charge in [-0.25, -0.2) is 4.39 Å². The van der Waals surface area contributed by atoms with Crippen LogP contribution in [0.2, 0.25) is 0 Å². The Morgan fingerprint density at radius 2 is 1.88 bits per heavy atom. The minimum Gasteiger partial charge on any atom is -0.392 e. The molecule has 2 rings (SSSR count). The monoisotopic (exact) mass is 223 g/mol. The molecular weight excluding hydrogens is 205 g/mol. The lowest BCUT2D eigenvalue weighted by atomic mass is 9.92. The van der Waals surface area contributed by atoms with Gasteiger partial charge in [-0.3, -0.25) is 0 Å². The summed E-state index contributed by atoms with van der Waals surface area (Å²) >= 11 is 0. The van der Waals surface area contributed by atoms with Gasteiger partial charge < -0.3 is 10.4 Å². The minimum absolute atomic E-state index is 0.193. The molecule has 0 aromatic heterocycles. The van der Waals surface area contributed by atoms with E-state index in [-0.39, 0.29) is 18.0 Å². The molecule has 3 heteroatoms. The van der Waals surface area contributed by atoms with Crippen molar-refractivity contribution in [2.24, 2.45) is 0 Å². The first kappa shape index (κ1) is 11.6. The topological polar surface area (TPSA) is 32.3 Å². The highest BCUT2D eigenvalue weighted by atomic mass is 19.1. The Labute approximate surface area is 95.5 Å². The Balaban J connectivity index is 1.84. The maximum atomic E-state index is 12.7. The number of benzene rings is 1. The summed E-state index contributed by atoms with van der Waals surface area (Å²) in [7, 11) is 0. The van der Waals surface area contributed by atoms with E-state index >= 15 is 0 Å². The van der Waals surface area contributed by atoms with Gasteiger partial charge in [0.05, 0.1) is 6.10 Å². The zero-order valence-corrected chi connectivity index (χ0v) is 9.32. The number of aliphatic hydroxyl groups excluding tert-OH is 1. The molecule has 1 aliphatic carbocycles. The van der Waals surface area contributed by atoms with Crippen LogP contribution in [0.4, 0.5) is 4.39 Å². The SMILES string of the molecule is O[C@H]1CCCC[C@@H]1NCc1ccc(F)cc1. The van der Waals surface area contributed by atoms with Crippen molar-refractivity contribution in [3.8, 4) is 0 Å². The van der Waals surface area contributed by atoms with Crippen LogP contribution in [-0.2, 0) is 6.54 Å². The molecule has 2 atom stereocenters. The number of aliphatic hydroxyl groups is 1. The van der Waals surface area contributed by atoms with Gasteiger partial charge in [0, 0.05) is 12.6 Å². The molecule has 0 radical (unpaired) electrons. The molecule has 0 spiro atoms. The van der Waals surface area contributed by atoms with E-state index in [0.29, 0.717) is 6.54 Å². The van der Waals surface area contributed by atoms with Crippen molar-refractivity contribution in [1.29, 1.82) is 0 Å². The lowest BCUT2D eigenvalue weighted by Gasteiger charge is -2.28. The number of hydrogen-bond donors (Lipinski definition) is 2. The predicted octanol–water partition coefficient (Wildman–Crippen LogP) is 2.22. The zero-order chi connectivity index (χ0) is 11.4. The number of rotatable bonds is 3. The number of halogens is 1.